The molecule has 0 N–H and O–H groups in total. The number of nitrogens with zero attached hydrogens (tertiary/aromatic N) is 1. The number of aromatic nitrogens is 1. The van der Waals surface area contributed by atoms with Gasteiger partial charge in [0.05, 0.1) is 12.2 Å². The Hall–Kier alpha value is -1.17. The van der Waals surface area contributed by atoms with Gasteiger partial charge in [0.25, 0.3) is 5.76 Å². The Bertz CT molecular complexity index is 347. The minimum Gasteiger partial charge on any atom is -0.462 e. The monoisotopic (exact) mass is 233 g/mol. The van der Waals surface area contributed by atoms with E-state index < -0.39 is 11.7 Å². The quantitative estimate of drug-likeness (QED) is 0.592. The number of esters is 1. The highest BCUT2D eigenvalue weighted by Gasteiger charge is 2.16. The number of rotatable bonds is 4. The van der Waals surface area contributed by atoms with Crippen LogP contribution < -0.4 is 0 Å². The maximum Gasteiger partial charge on any atom is 0.339 e. The molecule has 1 heterocycles. The molecule has 0 aliphatic rings. The number of hydrogen-bond acceptors (Lipinski definition) is 4. The number of carbonyl (C=O) groups is 1. The fourth-order valence-electron chi connectivity index (χ4n) is 0.947. The number of carbonyl (C=O) groups excluding carboxylic acids is 1. The normalized spacial score (nSPS) is 10.4. The van der Waals surface area contributed by atoms with Gasteiger partial charge in [0.15, 0.2) is 0 Å². The number of ether oxygens (including phenoxy) is 1. The Balaban J connectivity index is 2.90. The fraction of sp³-hybridized carbons (Fsp3) is 0.333. The smallest absolute Gasteiger partial charge is 0.339 e. The lowest BCUT2D eigenvalue weighted by Crippen LogP contribution is -2.06. The van der Waals surface area contributed by atoms with Crippen molar-refractivity contribution in [3.05, 3.63) is 24.0 Å². The van der Waals surface area contributed by atoms with E-state index in [0.717, 1.165) is 0 Å². The highest BCUT2D eigenvalue weighted by Crippen LogP contribution is 2.27. The molecule has 0 aromatic carbocycles. The van der Waals surface area contributed by atoms with Gasteiger partial charge in [0.1, 0.15) is 0 Å². The second-order valence-electron chi connectivity index (χ2n) is 2.47. The first-order valence-corrected chi connectivity index (χ1v) is 5.09. The van der Waals surface area contributed by atoms with E-state index in [1.807, 2.05) is 0 Å². The van der Waals surface area contributed by atoms with Crippen LogP contribution in [0.15, 0.2) is 23.4 Å². The number of thioether (sulfide) groups is 1. The van der Waals surface area contributed by atoms with Crippen LogP contribution in [0.5, 0.6) is 0 Å². The third-order valence-electron chi connectivity index (χ3n) is 1.50. The molecule has 0 aliphatic heterocycles. The molecule has 0 radical (unpaired) electrons. The van der Waals surface area contributed by atoms with Crippen molar-refractivity contribution in [3.63, 3.8) is 0 Å². The van der Waals surface area contributed by atoms with Crippen molar-refractivity contribution in [3.8, 4) is 0 Å². The second-order valence-corrected chi connectivity index (χ2v) is 3.50. The maximum atomic E-state index is 12.1. The largest absolute Gasteiger partial charge is 0.462 e. The van der Waals surface area contributed by atoms with E-state index in [1.165, 1.54) is 18.5 Å². The first-order valence-electron chi connectivity index (χ1n) is 4.21. The molecule has 0 fully saturated rings. The van der Waals surface area contributed by atoms with Gasteiger partial charge in [-0.1, -0.05) is 11.8 Å². The van der Waals surface area contributed by atoms with Gasteiger partial charge in [-0.15, -0.1) is 0 Å². The van der Waals surface area contributed by atoms with E-state index in [-0.39, 0.29) is 28.8 Å². The Labute approximate surface area is 89.8 Å². The van der Waals surface area contributed by atoms with Crippen LogP contribution in [0.3, 0.4) is 0 Å². The second kappa shape index (κ2) is 5.65. The molecule has 15 heavy (non-hydrogen) atoms. The highest BCUT2D eigenvalue weighted by molar-refractivity contribution is 7.99. The minimum atomic E-state index is -2.58. The molecule has 82 valence electrons. The SMILES string of the molecule is CCOC(=O)c1ccncc1SC(F)F. The summed E-state index contributed by atoms with van der Waals surface area (Å²) in [5, 5.41) is 0. The Morgan fingerprint density at radius 3 is 3.00 bits per heavy atom. The summed E-state index contributed by atoms with van der Waals surface area (Å²) in [5.41, 5.74) is 0.122. The van der Waals surface area contributed by atoms with Crippen LogP contribution in [-0.4, -0.2) is 23.3 Å². The van der Waals surface area contributed by atoms with Crippen LogP contribution in [0.2, 0.25) is 0 Å². The predicted octanol–water partition coefficient (Wildman–Crippen LogP) is 2.57. The lowest BCUT2D eigenvalue weighted by atomic mass is 10.3. The molecule has 6 heteroatoms. The van der Waals surface area contributed by atoms with E-state index in [4.69, 9.17) is 4.74 Å². The van der Waals surface area contributed by atoms with Gasteiger partial charge in [-0.25, -0.2) is 4.79 Å². The standard InChI is InChI=1S/C9H9F2NO2S/c1-2-14-8(13)6-3-4-12-5-7(6)15-9(10)11/h3-5,9H,2H2,1H3. The average molecular weight is 233 g/mol. The zero-order chi connectivity index (χ0) is 11.3. The third kappa shape index (κ3) is 3.47. The molecular formula is C9H9F2NO2S. The van der Waals surface area contributed by atoms with E-state index in [9.17, 15) is 13.6 Å². The summed E-state index contributed by atoms with van der Waals surface area (Å²) in [6, 6.07) is 1.36. The maximum absolute atomic E-state index is 12.1. The van der Waals surface area contributed by atoms with Crippen molar-refractivity contribution in [1.82, 2.24) is 4.98 Å². The van der Waals surface area contributed by atoms with E-state index >= 15 is 0 Å². The molecule has 0 unspecified atom stereocenters. The number of pyridine rings is 1. The highest BCUT2D eigenvalue weighted by atomic mass is 32.2. The molecule has 1 rings (SSSR count). The summed E-state index contributed by atoms with van der Waals surface area (Å²) < 4.78 is 29.0. The molecule has 0 aliphatic carbocycles. The van der Waals surface area contributed by atoms with Crippen LogP contribution in [0.4, 0.5) is 8.78 Å². The van der Waals surface area contributed by atoms with Gasteiger partial charge in [-0.2, -0.15) is 8.78 Å². The topological polar surface area (TPSA) is 39.2 Å². The summed E-state index contributed by atoms with van der Waals surface area (Å²) in [7, 11) is 0. The lowest BCUT2D eigenvalue weighted by Gasteiger charge is -2.06. The van der Waals surface area contributed by atoms with Crippen LogP contribution in [-0.2, 0) is 4.74 Å². The van der Waals surface area contributed by atoms with Gasteiger partial charge in [0, 0.05) is 17.3 Å². The molecule has 0 atom stereocenters. The van der Waals surface area contributed by atoms with Crippen molar-refractivity contribution >= 4 is 17.7 Å². The molecule has 0 bridgehead atoms. The average Bonchev–Trinajstić information content (AvgIpc) is 2.18. The first kappa shape index (κ1) is 11.9. The lowest BCUT2D eigenvalue weighted by molar-refractivity contribution is 0.0522. The van der Waals surface area contributed by atoms with Crippen molar-refractivity contribution in [2.24, 2.45) is 0 Å². The Morgan fingerprint density at radius 1 is 1.67 bits per heavy atom. The van der Waals surface area contributed by atoms with Gasteiger partial charge in [0.2, 0.25) is 0 Å². The van der Waals surface area contributed by atoms with Crippen molar-refractivity contribution in [1.29, 1.82) is 0 Å². The zero-order valence-electron chi connectivity index (χ0n) is 7.94. The summed E-state index contributed by atoms with van der Waals surface area (Å²) in [6.45, 7) is 1.86. The number of hydrogen-bond donors (Lipinski definition) is 0. The minimum absolute atomic E-state index is 0.122. The Kier molecular flexibility index (Phi) is 4.48. The van der Waals surface area contributed by atoms with Crippen molar-refractivity contribution < 1.29 is 18.3 Å². The predicted molar refractivity (Wildman–Crippen MR) is 52.1 cm³/mol. The van der Waals surface area contributed by atoms with E-state index in [2.05, 4.69) is 4.98 Å². The number of alkyl halides is 2. The zero-order valence-corrected chi connectivity index (χ0v) is 8.76. The van der Waals surface area contributed by atoms with Crippen LogP contribution in [0.25, 0.3) is 0 Å². The van der Waals surface area contributed by atoms with Crippen molar-refractivity contribution in [2.45, 2.75) is 17.6 Å². The van der Waals surface area contributed by atoms with Gasteiger partial charge < -0.3 is 4.74 Å². The molecule has 0 saturated carbocycles. The summed E-state index contributed by atoms with van der Waals surface area (Å²) in [4.78, 5) is 15.1. The number of halogens is 2. The molecule has 0 amide bonds. The van der Waals surface area contributed by atoms with Gasteiger partial charge in [-0.05, 0) is 13.0 Å². The molecule has 0 spiro atoms. The molecular weight excluding hydrogens is 224 g/mol. The molecule has 1 aromatic rings. The summed E-state index contributed by atoms with van der Waals surface area (Å²) >= 11 is 0.283. The third-order valence-corrected chi connectivity index (χ3v) is 2.25. The van der Waals surface area contributed by atoms with Crippen LogP contribution in [0.1, 0.15) is 17.3 Å². The van der Waals surface area contributed by atoms with Gasteiger partial charge >= 0.3 is 5.97 Å². The molecule has 0 saturated heterocycles. The van der Waals surface area contributed by atoms with Crippen molar-refractivity contribution in [2.75, 3.05) is 6.61 Å². The molecule has 1 aromatic heterocycles. The fourth-order valence-corrected chi connectivity index (χ4v) is 1.54. The molecule has 3 nitrogen and oxygen atoms in total. The summed E-state index contributed by atoms with van der Waals surface area (Å²) in [6.07, 6.45) is 2.59. The van der Waals surface area contributed by atoms with Crippen LogP contribution in [0, 0.1) is 0 Å². The van der Waals surface area contributed by atoms with Crippen LogP contribution >= 0.6 is 11.8 Å². The first-order chi connectivity index (χ1) is 7.15. The Morgan fingerprint density at radius 2 is 2.40 bits per heavy atom. The van der Waals surface area contributed by atoms with E-state index in [0.29, 0.717) is 0 Å². The van der Waals surface area contributed by atoms with E-state index in [1.54, 1.807) is 6.92 Å². The van der Waals surface area contributed by atoms with Gasteiger partial charge in [-0.3, -0.25) is 4.98 Å². The summed E-state index contributed by atoms with van der Waals surface area (Å²) in [5.74, 6) is -3.19.